The predicted molar refractivity (Wildman–Crippen MR) is 104 cm³/mol. The summed E-state index contributed by atoms with van der Waals surface area (Å²) in [6.45, 7) is 2.16. The van der Waals surface area contributed by atoms with Gasteiger partial charge in [0.25, 0.3) is 0 Å². The largest absolute Gasteiger partial charge is 0.497 e. The first-order valence-electron chi connectivity index (χ1n) is 8.10. The summed E-state index contributed by atoms with van der Waals surface area (Å²) in [7, 11) is -2.21. The number of hydrogen-bond donors (Lipinski definition) is 1. The summed E-state index contributed by atoms with van der Waals surface area (Å²) in [4.78, 5) is 11.7. The maximum absolute atomic E-state index is 12.4. The van der Waals surface area contributed by atoms with E-state index in [1.807, 2.05) is 0 Å². The summed E-state index contributed by atoms with van der Waals surface area (Å²) in [5.41, 5.74) is 0.268. The van der Waals surface area contributed by atoms with Crippen molar-refractivity contribution < 1.29 is 27.4 Å². The zero-order valence-corrected chi connectivity index (χ0v) is 17.3. The average molecular weight is 458 g/mol. The van der Waals surface area contributed by atoms with Crippen LogP contribution in [0, 0.1) is 0 Å². The molecule has 27 heavy (non-hydrogen) atoms. The first kappa shape index (κ1) is 21.2. The van der Waals surface area contributed by atoms with Crippen LogP contribution in [0.1, 0.15) is 17.3 Å². The van der Waals surface area contributed by atoms with Crippen LogP contribution in [0.2, 0.25) is 0 Å². The zero-order chi connectivity index (χ0) is 19.9. The van der Waals surface area contributed by atoms with Gasteiger partial charge in [-0.25, -0.2) is 17.9 Å². The first-order chi connectivity index (χ1) is 12.9. The van der Waals surface area contributed by atoms with Crippen molar-refractivity contribution in [1.29, 1.82) is 0 Å². The van der Waals surface area contributed by atoms with Crippen LogP contribution in [-0.4, -0.2) is 41.3 Å². The summed E-state index contributed by atoms with van der Waals surface area (Å²) in [6.07, 6.45) is 0. The van der Waals surface area contributed by atoms with Gasteiger partial charge in [-0.1, -0.05) is 6.07 Å². The fraction of sp³-hybridized carbons (Fsp3) is 0.278. The van der Waals surface area contributed by atoms with Crippen LogP contribution < -0.4 is 14.2 Å². The number of rotatable bonds is 9. The third kappa shape index (κ3) is 5.95. The van der Waals surface area contributed by atoms with Crippen molar-refractivity contribution in [2.45, 2.75) is 11.8 Å². The fourth-order valence-corrected chi connectivity index (χ4v) is 4.26. The molecule has 0 aliphatic heterocycles. The molecule has 2 aromatic carbocycles. The Morgan fingerprint density at radius 3 is 2.56 bits per heavy atom. The Hall–Kier alpha value is -2.10. The zero-order valence-electron chi connectivity index (χ0n) is 14.9. The number of nitrogens with one attached hydrogen (secondary N) is 1. The second-order valence-electron chi connectivity index (χ2n) is 5.29. The van der Waals surface area contributed by atoms with Gasteiger partial charge in [0.1, 0.15) is 18.1 Å². The molecule has 0 bridgehead atoms. The fourth-order valence-electron chi connectivity index (χ4n) is 2.17. The van der Waals surface area contributed by atoms with Crippen molar-refractivity contribution in [3.05, 3.63) is 52.5 Å². The second kappa shape index (κ2) is 9.72. The van der Waals surface area contributed by atoms with Crippen LogP contribution in [0.3, 0.4) is 0 Å². The van der Waals surface area contributed by atoms with Gasteiger partial charge in [-0.2, -0.15) is 0 Å². The van der Waals surface area contributed by atoms with E-state index in [-0.39, 0.29) is 34.7 Å². The monoisotopic (exact) mass is 457 g/mol. The van der Waals surface area contributed by atoms with E-state index < -0.39 is 16.0 Å². The molecule has 0 saturated heterocycles. The third-order valence-corrected chi connectivity index (χ3v) is 5.87. The highest BCUT2D eigenvalue weighted by atomic mass is 79.9. The second-order valence-corrected chi connectivity index (χ2v) is 7.88. The van der Waals surface area contributed by atoms with Crippen LogP contribution in [0.4, 0.5) is 0 Å². The standard InChI is InChI=1S/C18H20BrNO6S/c1-3-25-18(21)13-7-8-17(16(19)11-13)27(22,23)20-9-10-26-15-6-4-5-14(12-15)24-2/h4-8,11-12,20H,3,9-10H2,1-2H3. The van der Waals surface area contributed by atoms with Gasteiger partial charge in [-0.05, 0) is 53.2 Å². The number of ether oxygens (including phenoxy) is 3. The molecule has 0 atom stereocenters. The van der Waals surface area contributed by atoms with E-state index in [2.05, 4.69) is 20.7 Å². The SMILES string of the molecule is CCOC(=O)c1ccc(S(=O)(=O)NCCOc2cccc(OC)c2)c(Br)c1. The summed E-state index contributed by atoms with van der Waals surface area (Å²) >= 11 is 3.19. The Morgan fingerprint density at radius 1 is 1.15 bits per heavy atom. The lowest BCUT2D eigenvalue weighted by Crippen LogP contribution is -2.28. The Labute approximate surface area is 166 Å². The van der Waals surface area contributed by atoms with E-state index >= 15 is 0 Å². The summed E-state index contributed by atoms with van der Waals surface area (Å²) in [5.74, 6) is 0.717. The van der Waals surface area contributed by atoms with E-state index in [4.69, 9.17) is 14.2 Å². The van der Waals surface area contributed by atoms with Crippen molar-refractivity contribution in [2.75, 3.05) is 26.9 Å². The Balaban J connectivity index is 1.96. The number of carbonyl (C=O) groups excluding carboxylic acids is 1. The first-order valence-corrected chi connectivity index (χ1v) is 10.4. The number of esters is 1. The molecule has 0 aromatic heterocycles. The average Bonchev–Trinajstić information content (AvgIpc) is 2.65. The molecule has 0 aliphatic carbocycles. The molecule has 0 amide bonds. The summed E-state index contributed by atoms with van der Waals surface area (Å²) in [6, 6.07) is 11.2. The minimum atomic E-state index is -3.77. The highest BCUT2D eigenvalue weighted by Gasteiger charge is 2.19. The predicted octanol–water partition coefficient (Wildman–Crippen LogP) is 2.99. The molecule has 2 rings (SSSR count). The molecule has 0 saturated carbocycles. The highest BCUT2D eigenvalue weighted by molar-refractivity contribution is 9.10. The van der Waals surface area contributed by atoms with E-state index in [9.17, 15) is 13.2 Å². The summed E-state index contributed by atoms with van der Waals surface area (Å²) < 4.78 is 43.1. The minimum absolute atomic E-state index is 0.0249. The van der Waals surface area contributed by atoms with Gasteiger partial charge >= 0.3 is 5.97 Å². The van der Waals surface area contributed by atoms with Crippen LogP contribution in [0.15, 0.2) is 51.8 Å². The van der Waals surface area contributed by atoms with E-state index in [1.54, 1.807) is 38.3 Å². The molecule has 0 fully saturated rings. The Morgan fingerprint density at radius 2 is 1.89 bits per heavy atom. The van der Waals surface area contributed by atoms with Gasteiger partial charge < -0.3 is 14.2 Å². The number of halogens is 1. The third-order valence-electron chi connectivity index (χ3n) is 3.44. The van der Waals surface area contributed by atoms with Gasteiger partial charge in [0.15, 0.2) is 0 Å². The van der Waals surface area contributed by atoms with Crippen LogP contribution >= 0.6 is 15.9 Å². The van der Waals surface area contributed by atoms with Gasteiger partial charge in [-0.3, -0.25) is 0 Å². The van der Waals surface area contributed by atoms with Crippen molar-refractivity contribution in [3.63, 3.8) is 0 Å². The molecule has 146 valence electrons. The quantitative estimate of drug-likeness (QED) is 0.459. The summed E-state index contributed by atoms with van der Waals surface area (Å²) in [5, 5.41) is 0. The molecule has 0 unspecified atom stereocenters. The van der Waals surface area contributed by atoms with Gasteiger partial charge in [0.05, 0.1) is 24.2 Å². The molecule has 1 N–H and O–H groups in total. The van der Waals surface area contributed by atoms with Gasteiger partial charge in [0.2, 0.25) is 10.0 Å². The molecule has 0 spiro atoms. The molecule has 0 heterocycles. The molecular weight excluding hydrogens is 438 g/mol. The van der Waals surface area contributed by atoms with E-state index in [0.717, 1.165) is 0 Å². The van der Waals surface area contributed by atoms with Crippen molar-refractivity contribution in [1.82, 2.24) is 4.72 Å². The number of benzene rings is 2. The smallest absolute Gasteiger partial charge is 0.338 e. The van der Waals surface area contributed by atoms with Gasteiger partial charge in [0, 0.05) is 17.1 Å². The highest BCUT2D eigenvalue weighted by Crippen LogP contribution is 2.24. The van der Waals surface area contributed by atoms with Crippen molar-refractivity contribution in [3.8, 4) is 11.5 Å². The number of methoxy groups -OCH3 is 1. The molecule has 0 aliphatic rings. The van der Waals surface area contributed by atoms with Crippen molar-refractivity contribution >= 4 is 31.9 Å². The number of carbonyl (C=O) groups is 1. The number of sulfonamides is 1. The molecule has 0 radical (unpaired) electrons. The molecule has 2 aromatic rings. The lowest BCUT2D eigenvalue weighted by molar-refractivity contribution is 0.0526. The van der Waals surface area contributed by atoms with Crippen LogP contribution in [0.5, 0.6) is 11.5 Å². The Kier molecular flexibility index (Phi) is 7.64. The Bertz CT molecular complexity index is 900. The maximum Gasteiger partial charge on any atom is 0.338 e. The lowest BCUT2D eigenvalue weighted by atomic mass is 10.2. The van der Waals surface area contributed by atoms with E-state index in [0.29, 0.717) is 11.5 Å². The van der Waals surface area contributed by atoms with Gasteiger partial charge in [-0.15, -0.1) is 0 Å². The number of hydrogen-bond acceptors (Lipinski definition) is 6. The van der Waals surface area contributed by atoms with Crippen LogP contribution in [0.25, 0.3) is 0 Å². The molecule has 7 nitrogen and oxygen atoms in total. The topological polar surface area (TPSA) is 90.9 Å². The minimum Gasteiger partial charge on any atom is -0.497 e. The molecule has 9 heteroatoms. The van der Waals surface area contributed by atoms with Crippen LogP contribution in [-0.2, 0) is 14.8 Å². The maximum atomic E-state index is 12.4. The van der Waals surface area contributed by atoms with E-state index in [1.165, 1.54) is 18.2 Å². The lowest BCUT2D eigenvalue weighted by Gasteiger charge is -2.11. The normalized spacial score (nSPS) is 11.1. The molecular formula is C18H20BrNO6S. The van der Waals surface area contributed by atoms with Crippen molar-refractivity contribution in [2.24, 2.45) is 0 Å².